The summed E-state index contributed by atoms with van der Waals surface area (Å²) in [6.45, 7) is 27.7. The number of halogens is 7. The molecule has 6 atom stereocenters. The summed E-state index contributed by atoms with van der Waals surface area (Å²) in [7, 11) is 0. The van der Waals surface area contributed by atoms with E-state index in [4.69, 9.17) is 41.0 Å². The Bertz CT molecular complexity index is 3940. The Balaban J connectivity index is 0.000000134. The van der Waals surface area contributed by atoms with Crippen LogP contribution in [0.2, 0.25) is 5.15 Å². The van der Waals surface area contributed by atoms with Crippen molar-refractivity contribution in [3.8, 4) is 17.8 Å². The molecule has 2 amide bonds. The number of rotatable bonds is 11. The van der Waals surface area contributed by atoms with Crippen molar-refractivity contribution < 1.29 is 45.4 Å². The van der Waals surface area contributed by atoms with E-state index in [1.54, 1.807) is 20.1 Å². The number of aryl methyl sites for hydroxylation is 6. The number of fused-ring (bicyclic) bond motifs is 6. The molecule has 3 saturated carbocycles. The highest BCUT2D eigenvalue weighted by atomic mass is 35.5. The van der Waals surface area contributed by atoms with Crippen molar-refractivity contribution in [3.63, 3.8) is 0 Å². The Morgan fingerprint density at radius 3 is 1.15 bits per heavy atom. The fraction of sp³-hybridized carbons (Fsp3) is 0.671. The van der Waals surface area contributed by atoms with Crippen LogP contribution >= 0.6 is 11.6 Å². The van der Waals surface area contributed by atoms with Gasteiger partial charge in [0, 0.05) is 155 Å². The maximum absolute atomic E-state index is 13.7. The van der Waals surface area contributed by atoms with Crippen molar-refractivity contribution in [3.05, 3.63) is 75.7 Å². The smallest absolute Gasteiger partial charge is 0.410 e. The molecule has 0 spiro atoms. The van der Waals surface area contributed by atoms with E-state index in [-0.39, 0.29) is 91.7 Å². The zero-order chi connectivity index (χ0) is 73.0. The Labute approximate surface area is 596 Å². The van der Waals surface area contributed by atoms with Gasteiger partial charge in [0.1, 0.15) is 45.4 Å². The van der Waals surface area contributed by atoms with Crippen molar-refractivity contribution >= 4 is 52.9 Å². The van der Waals surface area contributed by atoms with Crippen LogP contribution in [0.15, 0.2) is 36.4 Å². The van der Waals surface area contributed by atoms with Crippen LogP contribution in [0, 0.1) is 41.5 Å². The van der Waals surface area contributed by atoms with E-state index in [0.29, 0.717) is 111 Å². The molecular weight excluding hydrogens is 1350 g/mol. The van der Waals surface area contributed by atoms with E-state index >= 15 is 0 Å². The van der Waals surface area contributed by atoms with Gasteiger partial charge in [0.05, 0.1) is 29.2 Å². The van der Waals surface area contributed by atoms with Crippen LogP contribution in [-0.2, 0) is 9.47 Å². The topological polar surface area (TPSA) is 257 Å². The number of piperazine rings is 3. The molecule has 6 aromatic heterocycles. The molecule has 0 aromatic carbocycles. The zero-order valence-corrected chi connectivity index (χ0v) is 61.2. The number of carbonyl (C=O) groups excluding carboxylic acids is 2. The van der Waals surface area contributed by atoms with E-state index < -0.39 is 23.4 Å². The first kappa shape index (κ1) is 73.9. The molecule has 6 aromatic rings. The van der Waals surface area contributed by atoms with Crippen molar-refractivity contribution in [2.45, 2.75) is 263 Å². The van der Waals surface area contributed by atoms with E-state index in [1.807, 2.05) is 123 Å². The van der Waals surface area contributed by atoms with Crippen molar-refractivity contribution in [2.24, 2.45) is 0 Å². The number of likely N-dealkylation sites (tertiary alicyclic amines) is 2. The van der Waals surface area contributed by atoms with E-state index in [2.05, 4.69) is 61.6 Å². The van der Waals surface area contributed by atoms with Crippen molar-refractivity contribution in [2.75, 3.05) is 65.0 Å². The third-order valence-electron chi connectivity index (χ3n) is 20.1. The van der Waals surface area contributed by atoms with Gasteiger partial charge in [-0.15, -0.1) is 0 Å². The van der Waals surface area contributed by atoms with E-state index in [1.165, 1.54) is 0 Å². The summed E-state index contributed by atoms with van der Waals surface area (Å²) in [4.78, 5) is 60.3. The zero-order valence-electron chi connectivity index (χ0n) is 60.4. The molecule has 3 aliphatic carbocycles. The van der Waals surface area contributed by atoms with E-state index in [0.717, 1.165) is 91.2 Å². The molecule has 5 N–H and O–H groups in total. The molecule has 102 heavy (non-hydrogen) atoms. The first-order valence-corrected chi connectivity index (χ1v) is 36.2. The molecule has 12 heterocycles. The highest BCUT2D eigenvalue weighted by molar-refractivity contribution is 6.29. The van der Waals surface area contributed by atoms with Gasteiger partial charge in [0.15, 0.2) is 0 Å². The molecule has 6 saturated heterocycles. The third-order valence-corrected chi connectivity index (χ3v) is 20.3. The summed E-state index contributed by atoms with van der Waals surface area (Å²) in [6, 6.07) is 13.2. The average Bonchev–Trinajstić information content (AvgIpc) is 1.61. The molecule has 25 nitrogen and oxygen atoms in total. The molecule has 9 aliphatic rings. The number of alkyl halides is 6. The third kappa shape index (κ3) is 18.4. The molecular formula is C70H98ClF6N21O4. The van der Waals surface area contributed by atoms with Gasteiger partial charge in [-0.2, -0.15) is 45.2 Å². The van der Waals surface area contributed by atoms with Gasteiger partial charge in [-0.3, -0.25) is 0 Å². The van der Waals surface area contributed by atoms with Crippen LogP contribution in [0.25, 0.3) is 17.8 Å². The highest BCUT2D eigenvalue weighted by Crippen LogP contribution is 2.40. The number of anilines is 5. The number of hydrogen-bond acceptors (Lipinski definition) is 20. The Morgan fingerprint density at radius 2 is 0.824 bits per heavy atom. The highest BCUT2D eigenvalue weighted by Gasteiger charge is 2.48. The number of amides is 2. The van der Waals surface area contributed by atoms with Crippen molar-refractivity contribution in [1.29, 1.82) is 0 Å². The average molecular weight is 1450 g/mol. The Kier molecular flexibility index (Phi) is 21.3. The summed E-state index contributed by atoms with van der Waals surface area (Å²) in [5.74, 6) is -2.91. The predicted octanol–water partition coefficient (Wildman–Crippen LogP) is 12.2. The van der Waals surface area contributed by atoms with Crippen LogP contribution in [0.1, 0.15) is 172 Å². The van der Waals surface area contributed by atoms with Crippen LogP contribution < -0.4 is 36.4 Å². The summed E-state index contributed by atoms with van der Waals surface area (Å²) in [5.41, 5.74) is 4.47. The van der Waals surface area contributed by atoms with Gasteiger partial charge in [0.25, 0.3) is 17.8 Å². The first-order chi connectivity index (χ1) is 48.0. The second-order valence-electron chi connectivity index (χ2n) is 31.1. The van der Waals surface area contributed by atoms with Crippen LogP contribution in [0.3, 0.4) is 0 Å². The summed E-state index contributed by atoms with van der Waals surface area (Å²) in [5, 5.41) is 30.5. The standard InChI is InChI=1S/C25H35F2N7O2.C20H27F2N7.C15H18ClF2N5.C10H18N2O2/c1-15-10-16(2)34(31-15)22-29-20(28-17-6-8-25(26,27)9-7-17)12-21(30-22)32-13-19-11-18(32)14-33(19)23(35)36-24(3,4)5;1-12-7-13(2)29(27-12)19-25-17(24-14-3-5-20(21,22)6-4-14)9-18(26-19)28-11-15-8-16(28)10-23-15;1-9-7-10(2)23(22-9)14-20-12(16)8-13(21-14)19-11-3-5-15(17,18)6-4-11;1-10(2,3)14-9(13)12-6-7-4-8(12)5-11-7/h10,12,17-19H,6-9,11,13-14H2,1-5H3,(H,28,29,30);7,9,14-16,23H,3-6,8,10-11H2,1-2H3,(H,24,25,26);7-8,11H,3-6H2,1-2H3,(H,19,20,21);7-8,11H,4-6H2,1-3H3/t18-,19-;15-,16-;;7-,8-/m11.1/s1. The minimum Gasteiger partial charge on any atom is -0.444 e. The number of hydrogen-bond donors (Lipinski definition) is 5. The molecule has 32 heteroatoms. The second kappa shape index (κ2) is 29.4. The van der Waals surface area contributed by atoms with Gasteiger partial charge in [-0.05, 0) is 159 Å². The fourth-order valence-corrected chi connectivity index (χ4v) is 15.3. The van der Waals surface area contributed by atoms with Crippen LogP contribution in [0.5, 0.6) is 0 Å². The molecule has 6 aliphatic heterocycles. The molecule has 0 unspecified atom stereocenters. The van der Waals surface area contributed by atoms with Gasteiger partial charge in [-0.1, -0.05) is 11.6 Å². The number of ether oxygens (including phenoxy) is 2. The summed E-state index contributed by atoms with van der Waals surface area (Å²) >= 11 is 6.07. The molecule has 9 fully saturated rings. The number of carbonyl (C=O) groups is 2. The lowest BCUT2D eigenvalue weighted by Crippen LogP contribution is -2.50. The Hall–Kier alpha value is -7.80. The van der Waals surface area contributed by atoms with Gasteiger partial charge in [-0.25, -0.2) is 50.0 Å². The lowest BCUT2D eigenvalue weighted by molar-refractivity contribution is -0.0366. The lowest BCUT2D eigenvalue weighted by Gasteiger charge is -2.36. The second-order valence-corrected chi connectivity index (χ2v) is 31.5. The SMILES string of the molecule is CC(C)(C)OC(=O)N1C[C@H]2C[C@@H]1CN2.Cc1cc(C)n(-c2nc(Cl)cc(NC3CCC(F)(F)CC3)n2)n1.Cc1cc(C)n(-c2nc(NC3CCC(F)(F)CC3)cc(N3C[C@H]4C[C@@H]3CN4)n2)n1.Cc1cc(C)n(-c2nc(NC3CCC(F)(F)CC3)cc(N3C[C@H]4C[C@@H]3CN4C(=O)OC(C)(C)C)n2)n1. The van der Waals surface area contributed by atoms with Crippen molar-refractivity contribution in [1.82, 2.24) is 79.7 Å². The van der Waals surface area contributed by atoms with Crippen LogP contribution in [-0.4, -0.2) is 204 Å². The number of aromatic nitrogens is 12. The first-order valence-electron chi connectivity index (χ1n) is 35.9. The van der Waals surface area contributed by atoms with Gasteiger partial charge in [0.2, 0.25) is 17.8 Å². The molecule has 0 radical (unpaired) electrons. The van der Waals surface area contributed by atoms with Gasteiger partial charge < -0.3 is 55.7 Å². The largest absolute Gasteiger partial charge is 0.444 e. The van der Waals surface area contributed by atoms with E-state index in [9.17, 15) is 35.9 Å². The molecule has 15 rings (SSSR count). The predicted molar refractivity (Wildman–Crippen MR) is 377 cm³/mol. The monoisotopic (exact) mass is 1450 g/mol. The number of nitrogens with zero attached hydrogens (tertiary/aromatic N) is 16. The number of nitrogens with one attached hydrogen (secondary N) is 5. The molecule has 556 valence electrons. The summed E-state index contributed by atoms with van der Waals surface area (Å²) in [6.07, 6.45) is 4.49. The quantitative estimate of drug-likeness (QED) is 0.0597. The maximum atomic E-state index is 13.7. The summed E-state index contributed by atoms with van der Waals surface area (Å²) < 4.78 is 96.9. The molecule has 6 bridgehead atoms. The Morgan fingerprint density at radius 1 is 0.461 bits per heavy atom. The fourth-order valence-electron chi connectivity index (χ4n) is 15.2. The lowest BCUT2D eigenvalue weighted by atomic mass is 9.92. The minimum atomic E-state index is -2.58. The minimum absolute atomic E-state index is 0.00220. The van der Waals surface area contributed by atoms with Crippen LogP contribution in [0.4, 0.5) is 65.0 Å². The van der Waals surface area contributed by atoms with Gasteiger partial charge >= 0.3 is 12.2 Å². The normalized spacial score (nSPS) is 24.2. The maximum Gasteiger partial charge on any atom is 0.410 e.